The van der Waals surface area contributed by atoms with Crippen molar-refractivity contribution in [3.05, 3.63) is 35.8 Å². The average Bonchev–Trinajstić information content (AvgIpc) is 2.97. The Balaban J connectivity index is 1.61. The van der Waals surface area contributed by atoms with Crippen LogP contribution in [0.5, 0.6) is 0 Å². The van der Waals surface area contributed by atoms with Crippen molar-refractivity contribution in [1.82, 2.24) is 20.0 Å². The van der Waals surface area contributed by atoms with E-state index in [9.17, 15) is 14.4 Å². The molecule has 0 aliphatic heterocycles. The van der Waals surface area contributed by atoms with Gasteiger partial charge in [0.25, 0.3) is 5.91 Å². The van der Waals surface area contributed by atoms with Gasteiger partial charge in [0, 0.05) is 32.1 Å². The highest BCUT2D eigenvalue weighted by Crippen LogP contribution is 2.11. The maximum Gasteiger partial charge on any atom is 0.303 e. The van der Waals surface area contributed by atoms with Gasteiger partial charge in [0.15, 0.2) is 0 Å². The summed E-state index contributed by atoms with van der Waals surface area (Å²) in [5.74, 6) is -1.07. The lowest BCUT2D eigenvalue weighted by molar-refractivity contribution is -0.137. The summed E-state index contributed by atoms with van der Waals surface area (Å²) in [6, 6.07) is 5.60. The van der Waals surface area contributed by atoms with Gasteiger partial charge in [0.1, 0.15) is 11.3 Å². The molecule has 0 aliphatic carbocycles. The Kier molecular flexibility index (Phi) is 7.79. The molecule has 2 aromatic rings. The van der Waals surface area contributed by atoms with Gasteiger partial charge in [-0.25, -0.2) is 4.98 Å². The number of hydrogen-bond donors (Lipinski definition) is 3. The first-order chi connectivity index (χ1) is 13.0. The number of fused-ring (bicyclic) bond motifs is 1. The summed E-state index contributed by atoms with van der Waals surface area (Å²) >= 11 is 0. The third-order valence-corrected chi connectivity index (χ3v) is 4.18. The Morgan fingerprint density at radius 3 is 2.59 bits per heavy atom. The molecule has 0 saturated carbocycles. The summed E-state index contributed by atoms with van der Waals surface area (Å²) in [4.78, 5) is 38.8. The van der Waals surface area contributed by atoms with Crippen LogP contribution in [-0.2, 0) is 9.59 Å². The van der Waals surface area contributed by atoms with Crippen LogP contribution in [0.15, 0.2) is 24.4 Å². The molecule has 2 heterocycles. The molecular weight excluding hydrogens is 348 g/mol. The maximum absolute atomic E-state index is 12.4. The molecule has 0 radical (unpaired) electrons. The van der Waals surface area contributed by atoms with E-state index in [2.05, 4.69) is 15.6 Å². The topological polar surface area (TPSA) is 113 Å². The number of hydrogen-bond acceptors (Lipinski definition) is 4. The Morgan fingerprint density at radius 2 is 1.81 bits per heavy atom. The van der Waals surface area contributed by atoms with E-state index >= 15 is 0 Å². The van der Waals surface area contributed by atoms with Crippen LogP contribution in [0.2, 0.25) is 0 Å². The van der Waals surface area contributed by atoms with Gasteiger partial charge >= 0.3 is 5.97 Å². The SMILES string of the molecule is Cc1nc2ccccn2c1C(=O)NCCCCCC(=O)NCCCC(=O)O. The van der Waals surface area contributed by atoms with Gasteiger partial charge in [0.05, 0.1) is 5.69 Å². The molecule has 0 spiro atoms. The van der Waals surface area contributed by atoms with Gasteiger partial charge in [0.2, 0.25) is 5.91 Å². The summed E-state index contributed by atoms with van der Waals surface area (Å²) < 4.78 is 1.78. The molecule has 0 saturated heterocycles. The molecule has 0 atom stereocenters. The van der Waals surface area contributed by atoms with Crippen LogP contribution in [0.4, 0.5) is 0 Å². The Hall–Kier alpha value is -2.90. The molecule has 8 heteroatoms. The average molecular weight is 374 g/mol. The van der Waals surface area contributed by atoms with Crippen LogP contribution in [0, 0.1) is 6.92 Å². The van der Waals surface area contributed by atoms with E-state index in [0.717, 1.165) is 24.9 Å². The molecule has 8 nitrogen and oxygen atoms in total. The van der Waals surface area contributed by atoms with Crippen molar-refractivity contribution < 1.29 is 19.5 Å². The van der Waals surface area contributed by atoms with E-state index in [1.807, 2.05) is 31.3 Å². The smallest absolute Gasteiger partial charge is 0.303 e. The number of carbonyl (C=O) groups is 3. The van der Waals surface area contributed by atoms with Gasteiger partial charge in [-0.15, -0.1) is 0 Å². The molecule has 0 unspecified atom stereocenters. The van der Waals surface area contributed by atoms with Crippen LogP contribution in [0.3, 0.4) is 0 Å². The fourth-order valence-corrected chi connectivity index (χ4v) is 2.82. The minimum Gasteiger partial charge on any atom is -0.481 e. The van der Waals surface area contributed by atoms with E-state index in [0.29, 0.717) is 37.3 Å². The molecule has 0 aromatic carbocycles. The minimum absolute atomic E-state index is 0.0614. The minimum atomic E-state index is -0.856. The van der Waals surface area contributed by atoms with Gasteiger partial charge in [-0.05, 0) is 38.3 Å². The van der Waals surface area contributed by atoms with E-state index in [1.165, 1.54) is 0 Å². The van der Waals surface area contributed by atoms with Crippen molar-refractivity contribution in [2.45, 2.75) is 45.4 Å². The number of nitrogens with zero attached hydrogens (tertiary/aromatic N) is 2. The quantitative estimate of drug-likeness (QED) is 0.520. The number of pyridine rings is 1. The number of imidazole rings is 1. The lowest BCUT2D eigenvalue weighted by Gasteiger charge is -2.07. The second-order valence-corrected chi connectivity index (χ2v) is 6.39. The number of aromatic nitrogens is 2. The molecule has 2 rings (SSSR count). The third-order valence-electron chi connectivity index (χ3n) is 4.18. The molecule has 146 valence electrons. The van der Waals surface area contributed by atoms with E-state index in [1.54, 1.807) is 4.40 Å². The summed E-state index contributed by atoms with van der Waals surface area (Å²) in [5.41, 5.74) is 1.99. The number of nitrogens with one attached hydrogen (secondary N) is 2. The fourth-order valence-electron chi connectivity index (χ4n) is 2.82. The zero-order chi connectivity index (χ0) is 19.6. The number of rotatable bonds is 11. The number of aryl methyl sites for hydroxylation is 1. The number of aliphatic carboxylic acids is 1. The van der Waals surface area contributed by atoms with Crippen LogP contribution in [0.1, 0.15) is 54.7 Å². The third kappa shape index (κ3) is 6.40. The van der Waals surface area contributed by atoms with E-state index in [4.69, 9.17) is 5.11 Å². The Morgan fingerprint density at radius 1 is 1.04 bits per heavy atom. The maximum atomic E-state index is 12.4. The second kappa shape index (κ2) is 10.3. The fraction of sp³-hybridized carbons (Fsp3) is 0.474. The van der Waals surface area contributed by atoms with E-state index < -0.39 is 5.97 Å². The van der Waals surface area contributed by atoms with Crippen molar-refractivity contribution in [3.63, 3.8) is 0 Å². The highest BCUT2D eigenvalue weighted by molar-refractivity contribution is 5.94. The molecule has 0 fully saturated rings. The predicted octanol–water partition coefficient (Wildman–Crippen LogP) is 1.91. The largest absolute Gasteiger partial charge is 0.481 e. The normalized spacial score (nSPS) is 10.7. The number of unbranched alkanes of at least 4 members (excludes halogenated alkanes) is 2. The number of carboxylic acids is 1. The molecule has 27 heavy (non-hydrogen) atoms. The van der Waals surface area contributed by atoms with Crippen LogP contribution in [0.25, 0.3) is 5.65 Å². The second-order valence-electron chi connectivity index (χ2n) is 6.39. The molecule has 0 bridgehead atoms. The molecule has 0 aliphatic rings. The van der Waals surface area contributed by atoms with Crippen LogP contribution < -0.4 is 10.6 Å². The zero-order valence-electron chi connectivity index (χ0n) is 15.5. The zero-order valence-corrected chi connectivity index (χ0v) is 15.5. The summed E-state index contributed by atoms with van der Waals surface area (Å²) in [7, 11) is 0. The highest BCUT2D eigenvalue weighted by atomic mass is 16.4. The number of amides is 2. The van der Waals surface area contributed by atoms with Crippen molar-refractivity contribution >= 4 is 23.4 Å². The lowest BCUT2D eigenvalue weighted by Crippen LogP contribution is -2.26. The predicted molar refractivity (Wildman–Crippen MR) is 101 cm³/mol. The first-order valence-corrected chi connectivity index (χ1v) is 9.19. The van der Waals surface area contributed by atoms with Crippen molar-refractivity contribution in [2.24, 2.45) is 0 Å². The molecule has 2 aromatic heterocycles. The summed E-state index contributed by atoms with van der Waals surface area (Å²) in [5, 5.41) is 14.1. The summed E-state index contributed by atoms with van der Waals surface area (Å²) in [6.45, 7) is 2.75. The Labute approximate surface area is 158 Å². The molecule has 2 amide bonds. The van der Waals surface area contributed by atoms with E-state index in [-0.39, 0.29) is 18.2 Å². The number of carbonyl (C=O) groups excluding carboxylic acids is 2. The monoisotopic (exact) mass is 374 g/mol. The van der Waals surface area contributed by atoms with Crippen molar-refractivity contribution in [2.75, 3.05) is 13.1 Å². The van der Waals surface area contributed by atoms with Crippen molar-refractivity contribution in [1.29, 1.82) is 0 Å². The van der Waals surface area contributed by atoms with Crippen molar-refractivity contribution in [3.8, 4) is 0 Å². The highest BCUT2D eigenvalue weighted by Gasteiger charge is 2.15. The van der Waals surface area contributed by atoms with Crippen LogP contribution >= 0.6 is 0 Å². The molecular formula is C19H26N4O4. The van der Waals surface area contributed by atoms with Gasteiger partial charge < -0.3 is 15.7 Å². The van der Waals surface area contributed by atoms with Crippen LogP contribution in [-0.4, -0.2) is 45.4 Å². The lowest BCUT2D eigenvalue weighted by atomic mass is 10.2. The first kappa shape index (κ1) is 20.4. The molecule has 3 N–H and O–H groups in total. The van der Waals surface area contributed by atoms with Gasteiger partial charge in [-0.1, -0.05) is 12.5 Å². The van der Waals surface area contributed by atoms with Gasteiger partial charge in [-0.2, -0.15) is 0 Å². The number of carboxylic acid groups (broad SMARTS) is 1. The Bertz CT molecular complexity index is 800. The van der Waals surface area contributed by atoms with Gasteiger partial charge in [-0.3, -0.25) is 18.8 Å². The summed E-state index contributed by atoms with van der Waals surface area (Å²) in [6.07, 6.45) is 5.08. The standard InChI is InChI=1S/C19H26N4O4/c1-14-18(23-13-6-4-8-15(23)22-14)19(27)21-11-5-2-3-9-16(24)20-12-7-10-17(25)26/h4,6,8,13H,2-3,5,7,9-12H2,1H3,(H,20,24)(H,21,27)(H,25,26). The first-order valence-electron chi connectivity index (χ1n) is 9.19.